The van der Waals surface area contributed by atoms with E-state index in [1.165, 1.54) is 17.7 Å². The minimum absolute atomic E-state index is 0.00238. The molecule has 0 radical (unpaired) electrons. The monoisotopic (exact) mass is 346 g/mol. The molecule has 0 spiro atoms. The third kappa shape index (κ3) is 4.52. The molecular formula is C17H22N4O2S. The average molecular weight is 346 g/mol. The summed E-state index contributed by atoms with van der Waals surface area (Å²) < 4.78 is 0. The van der Waals surface area contributed by atoms with Crippen molar-refractivity contribution in [3.63, 3.8) is 0 Å². The van der Waals surface area contributed by atoms with Gasteiger partial charge in [-0.15, -0.1) is 11.3 Å². The molecule has 7 heteroatoms. The number of carbonyl (C=O) groups is 1. The fraction of sp³-hybridized carbons (Fsp3) is 0.471. The van der Waals surface area contributed by atoms with E-state index in [9.17, 15) is 9.90 Å². The number of fused-ring (bicyclic) bond motifs is 1. The molecule has 1 atom stereocenters. The standard InChI is InChI=1S/C17H22N4O2S/c22-11-12(9-13-5-3-4-8-18-13)10-19-16(23)21-17-20-14-6-1-2-7-15(14)24-17/h3-5,8,12,22H,1-2,6-7,9-11H2,(H2,19,20,21,23)/t12-/m1/s1. The zero-order valence-corrected chi connectivity index (χ0v) is 14.3. The summed E-state index contributed by atoms with van der Waals surface area (Å²) in [5, 5.41) is 15.8. The van der Waals surface area contributed by atoms with Gasteiger partial charge in [-0.3, -0.25) is 10.3 Å². The number of anilines is 1. The van der Waals surface area contributed by atoms with Gasteiger partial charge in [-0.1, -0.05) is 6.07 Å². The van der Waals surface area contributed by atoms with Crippen LogP contribution >= 0.6 is 11.3 Å². The maximum Gasteiger partial charge on any atom is 0.321 e. The Labute approximate surface area is 145 Å². The van der Waals surface area contributed by atoms with Gasteiger partial charge in [0, 0.05) is 35.8 Å². The molecule has 24 heavy (non-hydrogen) atoms. The average Bonchev–Trinajstić information content (AvgIpc) is 3.01. The lowest BCUT2D eigenvalue weighted by Gasteiger charge is -2.14. The number of aliphatic hydroxyl groups excluding tert-OH is 1. The van der Waals surface area contributed by atoms with E-state index in [-0.39, 0.29) is 18.6 Å². The molecule has 1 aliphatic carbocycles. The van der Waals surface area contributed by atoms with Crippen LogP contribution in [0.15, 0.2) is 24.4 Å². The predicted octanol–water partition coefficient (Wildman–Crippen LogP) is 2.39. The van der Waals surface area contributed by atoms with Gasteiger partial charge in [0.2, 0.25) is 0 Å². The molecule has 2 heterocycles. The van der Waals surface area contributed by atoms with Gasteiger partial charge >= 0.3 is 6.03 Å². The maximum atomic E-state index is 12.0. The van der Waals surface area contributed by atoms with Crippen molar-refractivity contribution >= 4 is 22.5 Å². The molecule has 0 saturated carbocycles. The highest BCUT2D eigenvalue weighted by Crippen LogP contribution is 2.29. The molecule has 6 nitrogen and oxygen atoms in total. The minimum atomic E-state index is -0.277. The second kappa shape index (κ2) is 8.21. The second-order valence-electron chi connectivity index (χ2n) is 6.00. The van der Waals surface area contributed by atoms with E-state index in [0.29, 0.717) is 18.1 Å². The highest BCUT2D eigenvalue weighted by Gasteiger charge is 2.17. The molecule has 2 amide bonds. The number of nitrogens with one attached hydrogen (secondary N) is 2. The molecule has 2 aromatic rings. The Bertz CT molecular complexity index is 651. The van der Waals surface area contributed by atoms with E-state index in [0.717, 1.165) is 24.2 Å². The predicted molar refractivity (Wildman–Crippen MR) is 94.3 cm³/mol. The molecule has 128 valence electrons. The fourth-order valence-electron chi connectivity index (χ4n) is 2.80. The van der Waals surface area contributed by atoms with E-state index in [1.54, 1.807) is 17.5 Å². The van der Waals surface area contributed by atoms with Crippen LogP contribution in [0.5, 0.6) is 0 Å². The number of hydrogen-bond donors (Lipinski definition) is 3. The lowest BCUT2D eigenvalue weighted by molar-refractivity contribution is 0.217. The molecule has 0 aliphatic heterocycles. The Kier molecular flexibility index (Phi) is 5.77. The smallest absolute Gasteiger partial charge is 0.321 e. The van der Waals surface area contributed by atoms with Gasteiger partial charge in [0.05, 0.1) is 5.69 Å². The molecule has 3 rings (SSSR count). The van der Waals surface area contributed by atoms with Gasteiger partial charge in [-0.05, 0) is 44.2 Å². The molecule has 3 N–H and O–H groups in total. The van der Waals surface area contributed by atoms with Gasteiger partial charge in [0.1, 0.15) is 0 Å². The highest BCUT2D eigenvalue weighted by atomic mass is 32.1. The fourth-order valence-corrected chi connectivity index (χ4v) is 3.84. The van der Waals surface area contributed by atoms with E-state index in [1.807, 2.05) is 18.2 Å². The Morgan fingerprint density at radius 3 is 2.96 bits per heavy atom. The Balaban J connectivity index is 1.48. The van der Waals surface area contributed by atoms with Crippen molar-refractivity contribution in [3.05, 3.63) is 40.7 Å². The molecule has 0 fully saturated rings. The minimum Gasteiger partial charge on any atom is -0.396 e. The van der Waals surface area contributed by atoms with Crippen LogP contribution in [0.4, 0.5) is 9.93 Å². The van der Waals surface area contributed by atoms with Crippen molar-refractivity contribution in [2.24, 2.45) is 5.92 Å². The van der Waals surface area contributed by atoms with E-state index >= 15 is 0 Å². The molecule has 0 bridgehead atoms. The summed E-state index contributed by atoms with van der Waals surface area (Å²) >= 11 is 1.56. The third-order valence-corrected chi connectivity index (χ3v) is 5.17. The Hall–Kier alpha value is -1.99. The van der Waals surface area contributed by atoms with Crippen LogP contribution in [0.2, 0.25) is 0 Å². The number of urea groups is 1. The summed E-state index contributed by atoms with van der Waals surface area (Å²) in [5.74, 6) is -0.0600. The summed E-state index contributed by atoms with van der Waals surface area (Å²) in [6.07, 6.45) is 6.80. The number of rotatable bonds is 6. The summed E-state index contributed by atoms with van der Waals surface area (Å²) in [7, 11) is 0. The van der Waals surface area contributed by atoms with Crippen LogP contribution in [-0.2, 0) is 19.3 Å². The Morgan fingerprint density at radius 1 is 1.33 bits per heavy atom. The number of amides is 2. The topological polar surface area (TPSA) is 87.1 Å². The largest absolute Gasteiger partial charge is 0.396 e. The van der Waals surface area contributed by atoms with Crippen molar-refractivity contribution < 1.29 is 9.90 Å². The number of aryl methyl sites for hydroxylation is 2. The number of aromatic nitrogens is 2. The number of hydrogen-bond acceptors (Lipinski definition) is 5. The zero-order chi connectivity index (χ0) is 16.8. The quantitative estimate of drug-likeness (QED) is 0.749. The van der Waals surface area contributed by atoms with Crippen molar-refractivity contribution in [1.82, 2.24) is 15.3 Å². The summed E-state index contributed by atoms with van der Waals surface area (Å²) in [6, 6.07) is 5.42. The number of carbonyl (C=O) groups excluding carboxylic acids is 1. The second-order valence-corrected chi connectivity index (χ2v) is 7.09. The molecule has 0 aromatic carbocycles. The number of nitrogens with zero attached hydrogens (tertiary/aromatic N) is 2. The van der Waals surface area contributed by atoms with Crippen molar-refractivity contribution in [2.75, 3.05) is 18.5 Å². The number of aliphatic hydroxyl groups is 1. The van der Waals surface area contributed by atoms with Gasteiger partial charge in [0.25, 0.3) is 0 Å². The first-order valence-corrected chi connectivity index (χ1v) is 9.10. The van der Waals surface area contributed by atoms with Crippen molar-refractivity contribution in [2.45, 2.75) is 32.1 Å². The number of thiazole rings is 1. The first-order chi connectivity index (χ1) is 11.7. The van der Waals surface area contributed by atoms with Gasteiger partial charge in [-0.25, -0.2) is 9.78 Å². The number of pyridine rings is 1. The van der Waals surface area contributed by atoms with Crippen LogP contribution in [0.25, 0.3) is 0 Å². The normalized spacial score (nSPS) is 14.7. The highest BCUT2D eigenvalue weighted by molar-refractivity contribution is 7.15. The molecule has 2 aromatic heterocycles. The van der Waals surface area contributed by atoms with Gasteiger partial charge in [-0.2, -0.15) is 0 Å². The Morgan fingerprint density at radius 2 is 2.21 bits per heavy atom. The van der Waals surface area contributed by atoms with Crippen LogP contribution in [-0.4, -0.2) is 34.3 Å². The van der Waals surface area contributed by atoms with Crippen LogP contribution in [0.1, 0.15) is 29.1 Å². The van der Waals surface area contributed by atoms with E-state index < -0.39 is 0 Å². The zero-order valence-electron chi connectivity index (χ0n) is 13.5. The lowest BCUT2D eigenvalue weighted by atomic mass is 10.0. The summed E-state index contributed by atoms with van der Waals surface area (Å²) in [6.45, 7) is 0.395. The van der Waals surface area contributed by atoms with E-state index in [2.05, 4.69) is 20.6 Å². The SMILES string of the molecule is O=C(NC[C@H](CO)Cc1ccccn1)Nc1nc2c(s1)CCCC2. The first-order valence-electron chi connectivity index (χ1n) is 8.29. The van der Waals surface area contributed by atoms with Gasteiger partial charge < -0.3 is 10.4 Å². The van der Waals surface area contributed by atoms with Crippen LogP contribution in [0, 0.1) is 5.92 Å². The van der Waals surface area contributed by atoms with Crippen molar-refractivity contribution in [3.8, 4) is 0 Å². The first kappa shape index (κ1) is 16.9. The maximum absolute atomic E-state index is 12.0. The van der Waals surface area contributed by atoms with Crippen molar-refractivity contribution in [1.29, 1.82) is 0 Å². The molecule has 1 aliphatic rings. The van der Waals surface area contributed by atoms with E-state index in [4.69, 9.17) is 0 Å². The summed E-state index contributed by atoms with van der Waals surface area (Å²) in [4.78, 5) is 22.1. The molecule has 0 unspecified atom stereocenters. The van der Waals surface area contributed by atoms with Crippen LogP contribution in [0.3, 0.4) is 0 Å². The van der Waals surface area contributed by atoms with Crippen LogP contribution < -0.4 is 10.6 Å². The van der Waals surface area contributed by atoms with Gasteiger partial charge in [0.15, 0.2) is 5.13 Å². The lowest BCUT2D eigenvalue weighted by Crippen LogP contribution is -2.35. The molecular weight excluding hydrogens is 324 g/mol. The third-order valence-electron chi connectivity index (χ3n) is 4.10. The molecule has 0 saturated heterocycles. The summed E-state index contributed by atoms with van der Waals surface area (Å²) in [5.41, 5.74) is 2.04.